The lowest BCUT2D eigenvalue weighted by Gasteiger charge is -2.23. The molecule has 0 aromatic carbocycles. The molecule has 0 aliphatic heterocycles. The van der Waals surface area contributed by atoms with Crippen molar-refractivity contribution in [2.24, 2.45) is 0 Å². The van der Waals surface area contributed by atoms with Crippen LogP contribution in [0.25, 0.3) is 0 Å². The van der Waals surface area contributed by atoms with Gasteiger partial charge in [-0.3, -0.25) is 0 Å². The molecule has 0 amide bonds. The number of methoxy groups -OCH3 is 1. The Kier molecular flexibility index (Phi) is 4.75. The van der Waals surface area contributed by atoms with Gasteiger partial charge in [-0.15, -0.1) is 0 Å². The van der Waals surface area contributed by atoms with Crippen molar-refractivity contribution in [3.05, 3.63) is 22.9 Å². The molecule has 4 nitrogen and oxygen atoms in total. The van der Waals surface area contributed by atoms with E-state index in [-0.39, 0.29) is 0 Å². The zero-order chi connectivity index (χ0) is 13.7. The quantitative estimate of drug-likeness (QED) is 0.761. The van der Waals surface area contributed by atoms with Crippen molar-refractivity contribution < 1.29 is 4.74 Å². The van der Waals surface area contributed by atoms with Crippen LogP contribution in [0.1, 0.15) is 36.1 Å². The first-order valence-corrected chi connectivity index (χ1v) is 6.89. The van der Waals surface area contributed by atoms with Gasteiger partial charge in [0, 0.05) is 33.0 Å². The second-order valence-electron chi connectivity index (χ2n) is 5.05. The van der Waals surface area contributed by atoms with Crippen molar-refractivity contribution in [1.82, 2.24) is 4.98 Å². The predicted octanol–water partition coefficient (Wildman–Crippen LogP) is 2.30. The average Bonchev–Trinajstić information content (AvgIpc) is 2.46. The number of rotatable bonds is 5. The molecule has 0 saturated heterocycles. The van der Waals surface area contributed by atoms with Gasteiger partial charge in [0.15, 0.2) is 0 Å². The Hall–Kier alpha value is -1.60. The molecule has 1 aliphatic rings. The lowest BCUT2D eigenvalue weighted by atomic mass is 9.95. The van der Waals surface area contributed by atoms with E-state index < -0.39 is 0 Å². The zero-order valence-electron chi connectivity index (χ0n) is 11.8. The number of ether oxygens (including phenoxy) is 1. The molecule has 0 fully saturated rings. The molecule has 0 atom stereocenters. The number of pyridine rings is 1. The van der Waals surface area contributed by atoms with Crippen LogP contribution in [0.5, 0.6) is 0 Å². The summed E-state index contributed by atoms with van der Waals surface area (Å²) in [4.78, 5) is 6.79. The van der Waals surface area contributed by atoms with Crippen molar-refractivity contribution in [2.75, 3.05) is 32.2 Å². The van der Waals surface area contributed by atoms with E-state index >= 15 is 0 Å². The third-order valence-electron chi connectivity index (χ3n) is 3.60. The van der Waals surface area contributed by atoms with Crippen LogP contribution in [-0.2, 0) is 17.6 Å². The van der Waals surface area contributed by atoms with E-state index in [9.17, 15) is 5.26 Å². The molecule has 1 aromatic rings. The van der Waals surface area contributed by atoms with Crippen LogP contribution in [0.15, 0.2) is 6.07 Å². The number of fused-ring (bicyclic) bond motifs is 1. The molecule has 0 N–H and O–H groups in total. The van der Waals surface area contributed by atoms with E-state index in [0.717, 1.165) is 38.2 Å². The highest BCUT2D eigenvalue weighted by molar-refractivity contribution is 5.56. The van der Waals surface area contributed by atoms with Gasteiger partial charge >= 0.3 is 0 Å². The second-order valence-corrected chi connectivity index (χ2v) is 5.05. The summed E-state index contributed by atoms with van der Waals surface area (Å²) in [7, 11) is 3.70. The topological polar surface area (TPSA) is 49.1 Å². The van der Waals surface area contributed by atoms with Gasteiger partial charge in [-0.2, -0.15) is 5.26 Å². The summed E-state index contributed by atoms with van der Waals surface area (Å²) >= 11 is 0. The Morgan fingerprint density at radius 2 is 2.21 bits per heavy atom. The first-order chi connectivity index (χ1) is 9.26. The minimum Gasteiger partial charge on any atom is -0.385 e. The fraction of sp³-hybridized carbons (Fsp3) is 0.600. The van der Waals surface area contributed by atoms with Crippen LogP contribution in [0.3, 0.4) is 0 Å². The number of anilines is 1. The van der Waals surface area contributed by atoms with Crippen LogP contribution in [0, 0.1) is 11.3 Å². The number of hydrogen-bond donors (Lipinski definition) is 0. The lowest BCUT2D eigenvalue weighted by molar-refractivity contribution is 0.196. The van der Waals surface area contributed by atoms with E-state index in [4.69, 9.17) is 9.72 Å². The first kappa shape index (κ1) is 13.8. The molecule has 0 unspecified atom stereocenters. The van der Waals surface area contributed by atoms with Crippen molar-refractivity contribution in [3.8, 4) is 6.07 Å². The summed E-state index contributed by atoms with van der Waals surface area (Å²) in [5.74, 6) is 0.819. The largest absolute Gasteiger partial charge is 0.385 e. The number of hydrogen-bond acceptors (Lipinski definition) is 4. The van der Waals surface area contributed by atoms with Crippen molar-refractivity contribution >= 4 is 5.82 Å². The highest BCUT2D eigenvalue weighted by Crippen LogP contribution is 2.25. The molecule has 19 heavy (non-hydrogen) atoms. The van der Waals surface area contributed by atoms with Crippen molar-refractivity contribution in [1.29, 1.82) is 5.26 Å². The SMILES string of the molecule is COCCCN(C)c1nc2c(cc1C#N)CCCC2. The lowest BCUT2D eigenvalue weighted by Crippen LogP contribution is -2.23. The molecule has 1 aliphatic carbocycles. The second kappa shape index (κ2) is 6.53. The summed E-state index contributed by atoms with van der Waals surface area (Å²) < 4.78 is 5.06. The normalized spacial score (nSPS) is 13.7. The van der Waals surface area contributed by atoms with Crippen LogP contribution < -0.4 is 4.90 Å². The van der Waals surface area contributed by atoms with Crippen LogP contribution in [0.2, 0.25) is 0 Å². The smallest absolute Gasteiger partial charge is 0.146 e. The van der Waals surface area contributed by atoms with Crippen LogP contribution >= 0.6 is 0 Å². The average molecular weight is 259 g/mol. The van der Waals surface area contributed by atoms with Gasteiger partial charge in [-0.25, -0.2) is 4.98 Å². The van der Waals surface area contributed by atoms with E-state index in [1.165, 1.54) is 24.1 Å². The van der Waals surface area contributed by atoms with Crippen LogP contribution in [-0.4, -0.2) is 32.3 Å². The Balaban J connectivity index is 2.21. The summed E-state index contributed by atoms with van der Waals surface area (Å²) in [5.41, 5.74) is 3.14. The number of nitriles is 1. The minimum atomic E-state index is 0.695. The summed E-state index contributed by atoms with van der Waals surface area (Å²) in [6.45, 7) is 1.59. The molecule has 102 valence electrons. The molecule has 2 rings (SSSR count). The minimum absolute atomic E-state index is 0.695. The first-order valence-electron chi connectivity index (χ1n) is 6.89. The van der Waals surface area contributed by atoms with Gasteiger partial charge in [0.1, 0.15) is 11.9 Å². The Morgan fingerprint density at radius 3 is 2.95 bits per heavy atom. The van der Waals surface area contributed by atoms with Gasteiger partial charge in [-0.05, 0) is 43.7 Å². The van der Waals surface area contributed by atoms with Crippen molar-refractivity contribution in [3.63, 3.8) is 0 Å². The third-order valence-corrected chi connectivity index (χ3v) is 3.60. The molecule has 0 radical (unpaired) electrons. The van der Waals surface area contributed by atoms with Crippen LogP contribution in [0.4, 0.5) is 5.82 Å². The Morgan fingerprint density at radius 1 is 1.42 bits per heavy atom. The van der Waals surface area contributed by atoms with Gasteiger partial charge in [0.05, 0.1) is 5.56 Å². The van der Waals surface area contributed by atoms with Gasteiger partial charge < -0.3 is 9.64 Å². The molecule has 0 bridgehead atoms. The molecular weight excluding hydrogens is 238 g/mol. The fourth-order valence-corrected chi connectivity index (χ4v) is 2.55. The number of nitrogens with zero attached hydrogens (tertiary/aromatic N) is 3. The summed E-state index contributed by atoms with van der Waals surface area (Å²) in [6.07, 6.45) is 5.46. The summed E-state index contributed by atoms with van der Waals surface area (Å²) in [6, 6.07) is 4.31. The number of aromatic nitrogens is 1. The molecule has 4 heteroatoms. The maximum absolute atomic E-state index is 9.30. The van der Waals surface area contributed by atoms with E-state index in [2.05, 4.69) is 11.0 Å². The highest BCUT2D eigenvalue weighted by atomic mass is 16.5. The van der Waals surface area contributed by atoms with Crippen molar-refractivity contribution in [2.45, 2.75) is 32.1 Å². The standard InChI is InChI=1S/C15H21N3O/c1-18(8-5-9-19-2)15-13(11-16)10-12-6-3-4-7-14(12)17-15/h10H,3-9H2,1-2H3. The highest BCUT2D eigenvalue weighted by Gasteiger charge is 2.17. The molecule has 1 heterocycles. The predicted molar refractivity (Wildman–Crippen MR) is 75.4 cm³/mol. The Bertz CT molecular complexity index is 479. The molecule has 0 saturated carbocycles. The zero-order valence-corrected chi connectivity index (χ0v) is 11.8. The van der Waals surface area contributed by atoms with Gasteiger partial charge in [-0.1, -0.05) is 0 Å². The monoisotopic (exact) mass is 259 g/mol. The van der Waals surface area contributed by atoms with Gasteiger partial charge in [0.25, 0.3) is 0 Å². The fourth-order valence-electron chi connectivity index (χ4n) is 2.55. The molecule has 0 spiro atoms. The molecule has 1 aromatic heterocycles. The molecular formula is C15H21N3O. The van der Waals surface area contributed by atoms with E-state index in [0.29, 0.717) is 5.56 Å². The third kappa shape index (κ3) is 3.24. The maximum Gasteiger partial charge on any atom is 0.146 e. The maximum atomic E-state index is 9.30. The number of aryl methyl sites for hydroxylation is 2. The van der Waals surface area contributed by atoms with Gasteiger partial charge in [0.2, 0.25) is 0 Å². The summed E-state index contributed by atoms with van der Waals surface area (Å²) in [5, 5.41) is 9.30. The van der Waals surface area contributed by atoms with E-state index in [1.54, 1.807) is 7.11 Å². The van der Waals surface area contributed by atoms with E-state index in [1.807, 2.05) is 13.1 Å². The Labute approximate surface area is 115 Å².